The summed E-state index contributed by atoms with van der Waals surface area (Å²) in [5, 5.41) is 8.36. The minimum absolute atomic E-state index is 0. The first kappa shape index (κ1) is 37.4. The van der Waals surface area contributed by atoms with Gasteiger partial charge in [-0.2, -0.15) is 5.26 Å². The van der Waals surface area contributed by atoms with E-state index in [1.165, 1.54) is 6.08 Å². The molecule has 1 aliphatic carbocycles. The predicted molar refractivity (Wildman–Crippen MR) is 90.9 cm³/mol. The maximum Gasteiger partial charge on any atom is 2.00 e. The van der Waals surface area contributed by atoms with E-state index in [1.54, 1.807) is 6.07 Å². The zero-order valence-corrected chi connectivity index (χ0v) is 18.6. The molecule has 0 atom stereocenters. The predicted octanol–water partition coefficient (Wildman–Crippen LogP) is 1.67. The van der Waals surface area contributed by atoms with Crippen molar-refractivity contribution in [2.75, 3.05) is 14.2 Å². The molecule has 0 aromatic carbocycles. The maximum atomic E-state index is 11.7. The Morgan fingerprint density at radius 2 is 1.31 bits per heavy atom. The van der Waals surface area contributed by atoms with Crippen LogP contribution in [0.4, 0.5) is 0 Å². The van der Waals surface area contributed by atoms with Gasteiger partial charge >= 0.3 is 66.9 Å². The summed E-state index contributed by atoms with van der Waals surface area (Å²) < 4.78 is 31.6. The van der Waals surface area contributed by atoms with Crippen LogP contribution < -0.4 is 0 Å². The van der Waals surface area contributed by atoms with Crippen LogP contribution in [0.2, 0.25) is 0 Å². The normalized spacial score (nSPS) is 10.4. The van der Waals surface area contributed by atoms with Gasteiger partial charge in [0.2, 0.25) is 0 Å². The molecule has 0 saturated heterocycles. The number of nitriles is 1. The van der Waals surface area contributed by atoms with E-state index in [2.05, 4.69) is 29.4 Å². The summed E-state index contributed by atoms with van der Waals surface area (Å²) in [5.74, 6) is 0.371. The fourth-order valence-corrected chi connectivity index (χ4v) is 1.64. The molecule has 1 saturated carbocycles. The summed E-state index contributed by atoms with van der Waals surface area (Å²) in [4.78, 5) is 23.3. The van der Waals surface area contributed by atoms with Gasteiger partial charge < -0.3 is 21.8 Å². The van der Waals surface area contributed by atoms with Gasteiger partial charge in [-0.3, -0.25) is 9.59 Å². The number of esters is 2. The van der Waals surface area contributed by atoms with Gasteiger partial charge in [-0.15, -0.1) is 0 Å². The Bertz CT molecular complexity index is 553. The second-order valence-corrected chi connectivity index (χ2v) is 4.12. The van der Waals surface area contributed by atoms with Crippen LogP contribution in [0.1, 0.15) is 12.8 Å². The summed E-state index contributed by atoms with van der Waals surface area (Å²) in [5.41, 5.74) is -1.64. The molecule has 0 N–H and O–H groups in total. The van der Waals surface area contributed by atoms with Crippen LogP contribution in [-0.2, 0) is 54.1 Å². The van der Waals surface area contributed by atoms with Gasteiger partial charge in [0.05, 0.1) is 20.3 Å². The SMILES string of the molecule is [C-]#CCC(C/C=C/C#N)(C(=O)OC)C(=O)OC.[C-]#[O+].[C-]#[O+].[C-]#[O+].[CH]1[CH][CH][CH][CH]1.[W+2]. The Morgan fingerprint density at radius 3 is 1.55 bits per heavy atom. The molecule has 9 heteroatoms. The van der Waals surface area contributed by atoms with Crippen molar-refractivity contribution in [3.05, 3.63) is 70.6 Å². The van der Waals surface area contributed by atoms with Crippen molar-refractivity contribution in [1.29, 1.82) is 5.26 Å². The van der Waals surface area contributed by atoms with Gasteiger partial charge in [-0.25, -0.2) is 0 Å². The quantitative estimate of drug-likeness (QED) is 0.124. The van der Waals surface area contributed by atoms with Crippen molar-refractivity contribution in [3.63, 3.8) is 0 Å². The van der Waals surface area contributed by atoms with E-state index in [-0.39, 0.29) is 33.9 Å². The third-order valence-corrected chi connectivity index (χ3v) is 2.76. The summed E-state index contributed by atoms with van der Waals surface area (Å²) in [7, 11) is 2.27. The molecule has 1 rings (SSSR count). The fourth-order valence-electron chi connectivity index (χ4n) is 1.64. The minimum Gasteiger partial charge on any atom is -0.0312 e. The number of hydrogen-bond acceptors (Lipinski definition) is 5. The smallest absolute Gasteiger partial charge is 0.0312 e. The van der Waals surface area contributed by atoms with Gasteiger partial charge in [0.25, 0.3) is 0 Å². The number of hydrogen-bond donors (Lipinski definition) is 0. The Balaban J connectivity index is -0.000000132. The molecule has 1 fully saturated rings. The Morgan fingerprint density at radius 1 is 0.966 bits per heavy atom. The van der Waals surface area contributed by atoms with Gasteiger partial charge in [-0.05, 0) is 44.9 Å². The number of ether oxygens (including phenoxy) is 2. The van der Waals surface area contributed by atoms with E-state index in [1.807, 2.05) is 38.0 Å². The van der Waals surface area contributed by atoms with Crippen molar-refractivity contribution in [2.24, 2.45) is 5.41 Å². The van der Waals surface area contributed by atoms with Crippen LogP contribution in [0.5, 0.6) is 0 Å². The number of methoxy groups -OCH3 is 2. The van der Waals surface area contributed by atoms with Crippen molar-refractivity contribution in [1.82, 2.24) is 0 Å². The summed E-state index contributed by atoms with van der Waals surface area (Å²) in [6.07, 6.45) is 19.1. The largest absolute Gasteiger partial charge is 2.00 e. The first-order valence-corrected chi connectivity index (χ1v) is 6.98. The zero-order chi connectivity index (χ0) is 22.8. The van der Waals surface area contributed by atoms with Gasteiger partial charge in [0.1, 0.15) is 0 Å². The molecule has 5 radical (unpaired) electrons. The van der Waals surface area contributed by atoms with Crippen molar-refractivity contribution < 1.29 is 54.1 Å². The monoisotopic (exact) mass is 567 g/mol. The number of nitrogens with zero attached hydrogens (tertiary/aromatic N) is 1. The van der Waals surface area contributed by atoms with Crippen LogP contribution in [0.15, 0.2) is 12.2 Å². The number of carbonyl (C=O) groups excluding carboxylic acids is 2. The topological polar surface area (TPSA) is 136 Å². The van der Waals surface area contributed by atoms with Crippen LogP contribution in [0, 0.1) is 81.1 Å². The van der Waals surface area contributed by atoms with Crippen LogP contribution in [-0.4, -0.2) is 26.2 Å². The number of rotatable bonds is 5. The number of carbonyl (C=O) groups is 2. The molecule has 29 heavy (non-hydrogen) atoms. The molecule has 1 aliphatic rings. The van der Waals surface area contributed by atoms with E-state index in [0.717, 1.165) is 20.3 Å². The standard InChI is InChI=1S/C12H12NO4.C5H5.3CO.W/c1-4-7-12(10(14)16-2,11(15)17-3)8-5-6-9-13;1-2-4-5-3-1;3*1-2;/h5-6H,7-8H2,2-3H3;1-5H;;;;/q-1;;;;;+2/b6-5+;;;;;. The van der Waals surface area contributed by atoms with Gasteiger partial charge in [-0.1, -0.05) is 6.08 Å². The van der Waals surface area contributed by atoms with E-state index >= 15 is 0 Å². The molecule has 0 unspecified atom stereocenters. The average Bonchev–Trinajstić information content (AvgIpc) is 3.36. The van der Waals surface area contributed by atoms with E-state index < -0.39 is 17.4 Å². The molecule has 0 aromatic rings. The molecule has 8 nitrogen and oxygen atoms in total. The maximum absolute atomic E-state index is 11.7. The molecule has 0 bridgehead atoms. The first-order chi connectivity index (χ1) is 13.6. The van der Waals surface area contributed by atoms with Crippen molar-refractivity contribution >= 4 is 11.9 Å². The Labute approximate surface area is 186 Å². The summed E-state index contributed by atoms with van der Waals surface area (Å²) in [6, 6.07) is 1.74. The third-order valence-electron chi connectivity index (χ3n) is 2.76. The second kappa shape index (κ2) is 30.4. The number of allylic oxidation sites excluding steroid dienone is 2. The Hall–Kier alpha value is -2.36. The van der Waals surface area contributed by atoms with Gasteiger partial charge in [0, 0.05) is 6.08 Å². The first-order valence-electron chi connectivity index (χ1n) is 6.98. The zero-order valence-electron chi connectivity index (χ0n) is 15.7. The van der Waals surface area contributed by atoms with E-state index in [4.69, 9.17) is 25.6 Å². The van der Waals surface area contributed by atoms with Crippen LogP contribution in [0.3, 0.4) is 0 Å². The molecule has 0 amide bonds. The second-order valence-electron chi connectivity index (χ2n) is 4.12. The molecular formula is C20H17NO7W+. The van der Waals surface area contributed by atoms with Crippen molar-refractivity contribution in [2.45, 2.75) is 12.8 Å². The van der Waals surface area contributed by atoms with Crippen LogP contribution in [0.25, 0.3) is 0 Å². The summed E-state index contributed by atoms with van der Waals surface area (Å²) in [6.45, 7) is 13.5. The molecular weight excluding hydrogens is 550 g/mol. The Kier molecular flexibility index (Phi) is 39.2. The van der Waals surface area contributed by atoms with Gasteiger partial charge in [0.15, 0.2) is 5.41 Å². The molecule has 0 heterocycles. The van der Waals surface area contributed by atoms with Crippen molar-refractivity contribution in [3.8, 4) is 12.0 Å². The molecule has 0 spiro atoms. The molecule has 149 valence electrons. The molecule has 0 aliphatic heterocycles. The summed E-state index contributed by atoms with van der Waals surface area (Å²) >= 11 is 0. The minimum atomic E-state index is -1.64. The average molecular weight is 567 g/mol. The van der Waals surface area contributed by atoms with E-state index in [9.17, 15) is 9.59 Å². The fraction of sp³-hybridized carbons (Fsp3) is 0.250. The van der Waals surface area contributed by atoms with Crippen LogP contribution >= 0.6 is 0 Å². The molecule has 0 aromatic heterocycles. The van der Waals surface area contributed by atoms with E-state index in [0.29, 0.717) is 0 Å². The third kappa shape index (κ3) is 17.5.